The fraction of sp³-hybridized carbons (Fsp3) is 0.680. The van der Waals surface area contributed by atoms with Crippen LogP contribution in [0.25, 0.3) is 11.4 Å². The molecule has 0 radical (unpaired) electrons. The summed E-state index contributed by atoms with van der Waals surface area (Å²) in [7, 11) is -0.578. The second-order valence-corrected chi connectivity index (χ2v) is 12.6. The van der Waals surface area contributed by atoms with E-state index in [1.807, 2.05) is 10.7 Å². The van der Waals surface area contributed by atoms with Gasteiger partial charge in [0.25, 0.3) is 0 Å². The van der Waals surface area contributed by atoms with Crippen LogP contribution in [-0.2, 0) is 17.0 Å². The minimum absolute atomic E-state index is 0.137. The Labute approximate surface area is 200 Å². The minimum atomic E-state index is -4.47. The van der Waals surface area contributed by atoms with Gasteiger partial charge < -0.3 is 4.90 Å². The van der Waals surface area contributed by atoms with Crippen LogP contribution in [0.4, 0.5) is 13.2 Å². The summed E-state index contributed by atoms with van der Waals surface area (Å²) in [6, 6.07) is 6.76. The summed E-state index contributed by atoms with van der Waals surface area (Å²) in [5.41, 5.74) is 1.43. The number of pyridine rings is 1. The van der Waals surface area contributed by atoms with Crippen molar-refractivity contribution in [2.24, 2.45) is 17.3 Å². The summed E-state index contributed by atoms with van der Waals surface area (Å²) >= 11 is 0. The number of nitrogens with zero attached hydrogens (tertiary/aromatic N) is 4. The van der Waals surface area contributed by atoms with Crippen LogP contribution in [0.3, 0.4) is 0 Å². The third-order valence-electron chi connectivity index (χ3n) is 8.63. The second kappa shape index (κ2) is 7.88. The summed E-state index contributed by atoms with van der Waals surface area (Å²) in [5.74, 6) is 3.51. The normalized spacial score (nSPS) is 31.1. The molecule has 2 aromatic rings. The van der Waals surface area contributed by atoms with E-state index in [4.69, 9.17) is 0 Å². The van der Waals surface area contributed by atoms with Gasteiger partial charge in [0.1, 0.15) is 11.4 Å². The van der Waals surface area contributed by atoms with Crippen molar-refractivity contribution < 1.29 is 17.4 Å². The maximum absolute atomic E-state index is 13.2. The Bertz CT molecular complexity index is 1100. The third kappa shape index (κ3) is 3.83. The summed E-state index contributed by atoms with van der Waals surface area (Å²) in [6.45, 7) is 6.39. The Morgan fingerprint density at radius 2 is 1.76 bits per heavy atom. The quantitative estimate of drug-likeness (QED) is 0.611. The summed E-state index contributed by atoms with van der Waals surface area (Å²) in [6.07, 6.45) is 0.276. The average Bonchev–Trinajstić information content (AvgIpc) is 3.13. The molecule has 34 heavy (non-hydrogen) atoms. The molecular weight excluding hydrogens is 461 g/mol. The van der Waals surface area contributed by atoms with Gasteiger partial charge in [-0.25, -0.2) is 4.98 Å². The van der Waals surface area contributed by atoms with Gasteiger partial charge in [-0.15, -0.1) is 0 Å². The number of aromatic nitrogens is 3. The maximum Gasteiger partial charge on any atom is 0.433 e. The zero-order chi connectivity index (χ0) is 23.8. The number of hydrogen-bond donors (Lipinski definition) is 0. The number of halogens is 3. The largest absolute Gasteiger partial charge is 0.433 e. The highest BCUT2D eigenvalue weighted by atomic mass is 32.2. The number of alkyl halides is 3. The van der Waals surface area contributed by atoms with Gasteiger partial charge >= 0.3 is 6.18 Å². The zero-order valence-electron chi connectivity index (χ0n) is 19.6. The van der Waals surface area contributed by atoms with Gasteiger partial charge in [0.15, 0.2) is 0 Å². The fourth-order valence-corrected chi connectivity index (χ4v) is 8.63. The lowest BCUT2D eigenvalue weighted by Gasteiger charge is -2.48. The van der Waals surface area contributed by atoms with Crippen molar-refractivity contribution in [3.63, 3.8) is 0 Å². The molecule has 2 saturated carbocycles. The number of piperidine rings is 1. The smallest absolute Gasteiger partial charge is 0.300 e. The maximum atomic E-state index is 13.2. The van der Waals surface area contributed by atoms with Crippen molar-refractivity contribution in [2.75, 3.05) is 24.6 Å². The molecule has 4 fully saturated rings. The van der Waals surface area contributed by atoms with Crippen LogP contribution in [-0.4, -0.2) is 54.5 Å². The van der Waals surface area contributed by atoms with Crippen LogP contribution in [0.2, 0.25) is 0 Å². The van der Waals surface area contributed by atoms with E-state index in [-0.39, 0.29) is 11.7 Å². The van der Waals surface area contributed by atoms with Crippen LogP contribution >= 0.6 is 0 Å². The molecule has 2 unspecified atom stereocenters. The molecule has 2 aromatic heterocycles. The molecule has 0 bridgehead atoms. The highest BCUT2D eigenvalue weighted by Crippen LogP contribution is 2.64. The third-order valence-corrected chi connectivity index (χ3v) is 10.5. The molecular formula is C25H31F3N4OS. The number of fused-ring (bicyclic) bond motifs is 1. The van der Waals surface area contributed by atoms with Crippen LogP contribution < -0.4 is 0 Å². The standard InChI is InChI=1S/C25H31F3N4OS/c1-15(2)32-21(12-20(30-32)19-4-3-5-22(29-19)25(26,27)28)23-17-10-16(11-18(17)23)31-8-6-24(7-9-31)13-34(33)14-24/h3-5,12,15-18,23H,6-11,13-14H2,1-2H3. The van der Waals surface area contributed by atoms with Gasteiger partial charge in [0.05, 0.1) is 5.69 Å². The number of hydrogen-bond acceptors (Lipinski definition) is 4. The Morgan fingerprint density at radius 3 is 2.35 bits per heavy atom. The van der Waals surface area contributed by atoms with E-state index in [2.05, 4.69) is 28.8 Å². The Hall–Kier alpha value is -1.74. The lowest BCUT2D eigenvalue weighted by molar-refractivity contribution is -0.141. The summed E-state index contributed by atoms with van der Waals surface area (Å²) in [5, 5.41) is 4.69. The number of rotatable bonds is 4. The van der Waals surface area contributed by atoms with Crippen molar-refractivity contribution in [1.29, 1.82) is 0 Å². The molecule has 2 saturated heterocycles. The average molecular weight is 493 g/mol. The van der Waals surface area contributed by atoms with E-state index < -0.39 is 22.7 Å². The van der Waals surface area contributed by atoms with E-state index in [1.54, 1.807) is 6.07 Å². The predicted octanol–water partition coefficient (Wildman–Crippen LogP) is 4.88. The van der Waals surface area contributed by atoms with Crippen molar-refractivity contribution in [2.45, 2.75) is 63.7 Å². The molecule has 9 heteroatoms. The van der Waals surface area contributed by atoms with Gasteiger partial charge in [-0.3, -0.25) is 8.89 Å². The molecule has 184 valence electrons. The molecule has 4 aliphatic rings. The molecule has 5 nitrogen and oxygen atoms in total. The minimum Gasteiger partial charge on any atom is -0.300 e. The highest BCUT2D eigenvalue weighted by Gasteiger charge is 2.59. The lowest BCUT2D eigenvalue weighted by atomic mass is 9.80. The molecule has 0 aromatic carbocycles. The van der Waals surface area contributed by atoms with E-state index in [0.29, 0.717) is 34.9 Å². The first kappa shape index (κ1) is 22.7. The van der Waals surface area contributed by atoms with E-state index >= 15 is 0 Å². The zero-order valence-corrected chi connectivity index (χ0v) is 20.4. The van der Waals surface area contributed by atoms with Crippen LogP contribution in [0.5, 0.6) is 0 Å². The van der Waals surface area contributed by atoms with Crippen molar-refractivity contribution in [3.8, 4) is 11.4 Å². The molecule has 0 N–H and O–H groups in total. The highest BCUT2D eigenvalue weighted by molar-refractivity contribution is 7.86. The van der Waals surface area contributed by atoms with E-state index in [0.717, 1.165) is 36.4 Å². The van der Waals surface area contributed by atoms with Crippen LogP contribution in [0, 0.1) is 17.3 Å². The predicted molar refractivity (Wildman–Crippen MR) is 125 cm³/mol. The van der Waals surface area contributed by atoms with Crippen molar-refractivity contribution in [3.05, 3.63) is 35.7 Å². The fourth-order valence-electron chi connectivity index (χ4n) is 6.77. The van der Waals surface area contributed by atoms with Crippen LogP contribution in [0.1, 0.15) is 62.9 Å². The monoisotopic (exact) mass is 492 g/mol. The molecule has 0 amide bonds. The first-order valence-electron chi connectivity index (χ1n) is 12.4. The van der Waals surface area contributed by atoms with Crippen molar-refractivity contribution in [1.82, 2.24) is 19.7 Å². The molecule has 4 heterocycles. The van der Waals surface area contributed by atoms with Gasteiger partial charge in [0, 0.05) is 46.0 Å². The Balaban J connectivity index is 1.15. The molecule has 2 atom stereocenters. The summed E-state index contributed by atoms with van der Waals surface area (Å²) in [4.78, 5) is 6.51. The second-order valence-electron chi connectivity index (χ2n) is 11.1. The number of likely N-dealkylation sites (tertiary alicyclic amines) is 1. The van der Waals surface area contributed by atoms with Gasteiger partial charge in [-0.2, -0.15) is 18.3 Å². The molecule has 2 aliphatic carbocycles. The first-order chi connectivity index (χ1) is 16.1. The molecule has 1 spiro atoms. The molecule has 6 rings (SSSR count). The Morgan fingerprint density at radius 1 is 1.09 bits per heavy atom. The van der Waals surface area contributed by atoms with Crippen molar-refractivity contribution >= 4 is 10.8 Å². The molecule has 2 aliphatic heterocycles. The van der Waals surface area contributed by atoms with E-state index in [1.165, 1.54) is 31.7 Å². The van der Waals surface area contributed by atoms with Gasteiger partial charge in [-0.1, -0.05) is 6.07 Å². The van der Waals surface area contributed by atoms with Crippen LogP contribution in [0.15, 0.2) is 24.3 Å². The van der Waals surface area contributed by atoms with Gasteiger partial charge in [0.2, 0.25) is 0 Å². The lowest BCUT2D eigenvalue weighted by Crippen LogP contribution is -2.53. The Kier molecular flexibility index (Phi) is 5.26. The topological polar surface area (TPSA) is 51.0 Å². The van der Waals surface area contributed by atoms with E-state index in [9.17, 15) is 17.4 Å². The summed E-state index contributed by atoms with van der Waals surface area (Å²) < 4.78 is 53.1. The first-order valence-corrected chi connectivity index (χ1v) is 13.9. The van der Waals surface area contributed by atoms with Gasteiger partial charge in [-0.05, 0) is 88.1 Å². The SMILES string of the molecule is CC(C)n1nc(-c2cccc(C(F)(F)F)n2)cc1C1C2CC(N3CCC4(CC3)CS(=O)C4)CC21.